The third kappa shape index (κ3) is 3.33. The lowest BCUT2D eigenvalue weighted by molar-refractivity contribution is -0.144. The molecule has 0 saturated heterocycles. The van der Waals surface area contributed by atoms with Crippen molar-refractivity contribution in [1.29, 1.82) is 0 Å². The van der Waals surface area contributed by atoms with Gasteiger partial charge in [0.15, 0.2) is 0 Å². The number of carbonyl (C=O) groups excluding carboxylic acids is 1. The zero-order chi connectivity index (χ0) is 13.1. The number of ether oxygens (including phenoxy) is 1. The minimum absolute atomic E-state index is 0.0415. The van der Waals surface area contributed by atoms with Gasteiger partial charge in [-0.05, 0) is 25.7 Å². The first-order valence-electron chi connectivity index (χ1n) is 5.67. The minimum Gasteiger partial charge on any atom is -0.480 e. The molecule has 17 heavy (non-hydrogen) atoms. The highest BCUT2D eigenvalue weighted by Crippen LogP contribution is 2.39. The van der Waals surface area contributed by atoms with Gasteiger partial charge < -0.3 is 20.1 Å². The van der Waals surface area contributed by atoms with Crippen molar-refractivity contribution in [3.05, 3.63) is 0 Å². The van der Waals surface area contributed by atoms with Gasteiger partial charge in [-0.3, -0.25) is 0 Å². The van der Waals surface area contributed by atoms with Gasteiger partial charge in [0, 0.05) is 20.7 Å². The van der Waals surface area contributed by atoms with Crippen molar-refractivity contribution in [2.75, 3.05) is 27.3 Å². The van der Waals surface area contributed by atoms with Crippen LogP contribution in [0.3, 0.4) is 0 Å². The minimum atomic E-state index is -1.15. The molecule has 1 saturated carbocycles. The van der Waals surface area contributed by atoms with Gasteiger partial charge in [-0.1, -0.05) is 0 Å². The third-order valence-corrected chi connectivity index (χ3v) is 3.18. The molecule has 1 aliphatic carbocycles. The molecular weight excluding hydrogens is 224 g/mol. The number of likely N-dealkylation sites (N-methyl/N-ethyl adjacent to an activating group) is 1. The van der Waals surface area contributed by atoms with Crippen molar-refractivity contribution in [2.24, 2.45) is 5.92 Å². The molecule has 0 bridgehead atoms. The first kappa shape index (κ1) is 13.8. The molecule has 98 valence electrons. The van der Waals surface area contributed by atoms with Gasteiger partial charge in [-0.2, -0.15) is 0 Å². The third-order valence-electron chi connectivity index (χ3n) is 3.18. The predicted octanol–water partition coefficient (Wildman–Crippen LogP) is 0.527. The summed E-state index contributed by atoms with van der Waals surface area (Å²) >= 11 is 0. The number of amides is 2. The van der Waals surface area contributed by atoms with Crippen molar-refractivity contribution >= 4 is 12.0 Å². The van der Waals surface area contributed by atoms with E-state index in [2.05, 4.69) is 5.32 Å². The van der Waals surface area contributed by atoms with E-state index in [9.17, 15) is 14.7 Å². The number of carbonyl (C=O) groups is 2. The normalized spacial score (nSPS) is 18.3. The van der Waals surface area contributed by atoms with Gasteiger partial charge in [-0.25, -0.2) is 9.59 Å². The summed E-state index contributed by atoms with van der Waals surface area (Å²) in [6.07, 6.45) is 1.70. The van der Waals surface area contributed by atoms with Crippen LogP contribution in [0.25, 0.3) is 0 Å². The monoisotopic (exact) mass is 244 g/mol. The van der Waals surface area contributed by atoms with E-state index in [0.29, 0.717) is 13.2 Å². The Morgan fingerprint density at radius 1 is 1.53 bits per heavy atom. The number of rotatable bonds is 6. The highest BCUT2D eigenvalue weighted by atomic mass is 16.5. The fourth-order valence-corrected chi connectivity index (χ4v) is 1.64. The Labute approximate surface area is 101 Å². The second-order valence-electron chi connectivity index (χ2n) is 4.63. The summed E-state index contributed by atoms with van der Waals surface area (Å²) in [5, 5.41) is 11.8. The second kappa shape index (κ2) is 5.35. The molecule has 2 amide bonds. The Hall–Kier alpha value is -1.30. The largest absolute Gasteiger partial charge is 0.480 e. The SMILES string of the molecule is COCCN(C)C(=O)NC(C)(C(=O)O)C1CC1. The number of urea groups is 1. The van der Waals surface area contributed by atoms with E-state index in [1.165, 1.54) is 4.90 Å². The van der Waals surface area contributed by atoms with Crippen LogP contribution >= 0.6 is 0 Å². The van der Waals surface area contributed by atoms with Crippen molar-refractivity contribution in [3.8, 4) is 0 Å². The average Bonchev–Trinajstić information content (AvgIpc) is 3.09. The lowest BCUT2D eigenvalue weighted by atomic mass is 9.96. The molecule has 6 nitrogen and oxygen atoms in total. The molecule has 0 aromatic heterocycles. The van der Waals surface area contributed by atoms with E-state index in [1.54, 1.807) is 21.1 Å². The summed E-state index contributed by atoms with van der Waals surface area (Å²) in [7, 11) is 3.17. The van der Waals surface area contributed by atoms with Crippen LogP contribution in [0, 0.1) is 5.92 Å². The molecule has 1 unspecified atom stereocenters. The Balaban J connectivity index is 2.55. The molecule has 1 rings (SSSR count). The highest BCUT2D eigenvalue weighted by molar-refractivity contribution is 5.86. The quantitative estimate of drug-likeness (QED) is 0.714. The summed E-state index contributed by atoms with van der Waals surface area (Å²) in [4.78, 5) is 24.4. The summed E-state index contributed by atoms with van der Waals surface area (Å²) in [5.41, 5.74) is -1.15. The smallest absolute Gasteiger partial charge is 0.329 e. The van der Waals surface area contributed by atoms with Crippen LogP contribution in [-0.4, -0.2) is 54.9 Å². The molecule has 0 aromatic rings. The van der Waals surface area contributed by atoms with Crippen LogP contribution in [0.4, 0.5) is 4.79 Å². The summed E-state index contributed by atoms with van der Waals surface area (Å²) < 4.78 is 4.86. The number of hydrogen-bond donors (Lipinski definition) is 2. The summed E-state index contributed by atoms with van der Waals surface area (Å²) in [5.74, 6) is -0.937. The van der Waals surface area contributed by atoms with Crippen molar-refractivity contribution in [1.82, 2.24) is 10.2 Å². The maximum absolute atomic E-state index is 11.8. The number of carboxylic acids is 1. The maximum atomic E-state index is 11.8. The van der Waals surface area contributed by atoms with Gasteiger partial charge in [0.25, 0.3) is 0 Å². The molecule has 6 heteroatoms. The number of nitrogens with zero attached hydrogens (tertiary/aromatic N) is 1. The molecule has 0 aromatic carbocycles. The zero-order valence-electron chi connectivity index (χ0n) is 10.5. The van der Waals surface area contributed by atoms with Crippen LogP contribution in [0.2, 0.25) is 0 Å². The van der Waals surface area contributed by atoms with Gasteiger partial charge >= 0.3 is 12.0 Å². The molecule has 0 heterocycles. The van der Waals surface area contributed by atoms with Crippen LogP contribution in [0.15, 0.2) is 0 Å². The van der Waals surface area contributed by atoms with Crippen molar-refractivity contribution in [3.63, 3.8) is 0 Å². The van der Waals surface area contributed by atoms with Crippen molar-refractivity contribution < 1.29 is 19.4 Å². The van der Waals surface area contributed by atoms with Crippen LogP contribution < -0.4 is 5.32 Å². The lowest BCUT2D eigenvalue weighted by Crippen LogP contribution is -2.57. The average molecular weight is 244 g/mol. The Bertz CT molecular complexity index is 304. The molecule has 0 aliphatic heterocycles. The molecule has 0 radical (unpaired) electrons. The molecule has 1 atom stereocenters. The Morgan fingerprint density at radius 3 is 2.53 bits per heavy atom. The Morgan fingerprint density at radius 2 is 2.12 bits per heavy atom. The van der Waals surface area contributed by atoms with Gasteiger partial charge in [0.05, 0.1) is 6.61 Å². The van der Waals surface area contributed by atoms with Gasteiger partial charge in [0.1, 0.15) is 5.54 Å². The standard InChI is InChI=1S/C11H20N2O4/c1-11(9(14)15,8-4-5-8)12-10(16)13(2)6-7-17-3/h8H,4-7H2,1-3H3,(H,12,16)(H,14,15). The molecular formula is C11H20N2O4. The van der Waals surface area contributed by atoms with E-state index in [1.807, 2.05) is 0 Å². The van der Waals surface area contributed by atoms with Crippen LogP contribution in [-0.2, 0) is 9.53 Å². The first-order chi connectivity index (χ1) is 7.91. The van der Waals surface area contributed by atoms with E-state index in [4.69, 9.17) is 4.74 Å². The molecule has 1 aliphatic rings. The predicted molar refractivity (Wildman–Crippen MR) is 61.8 cm³/mol. The van der Waals surface area contributed by atoms with Crippen LogP contribution in [0.5, 0.6) is 0 Å². The van der Waals surface area contributed by atoms with Crippen LogP contribution in [0.1, 0.15) is 19.8 Å². The van der Waals surface area contributed by atoms with E-state index in [-0.39, 0.29) is 11.9 Å². The maximum Gasteiger partial charge on any atom is 0.329 e. The van der Waals surface area contributed by atoms with Gasteiger partial charge in [-0.15, -0.1) is 0 Å². The highest BCUT2D eigenvalue weighted by Gasteiger charge is 2.48. The number of methoxy groups -OCH3 is 1. The fourth-order valence-electron chi connectivity index (χ4n) is 1.64. The second-order valence-corrected chi connectivity index (χ2v) is 4.63. The number of aliphatic carboxylic acids is 1. The summed E-state index contributed by atoms with van der Waals surface area (Å²) in [6, 6.07) is -0.376. The Kier molecular flexibility index (Phi) is 4.34. The lowest BCUT2D eigenvalue weighted by Gasteiger charge is -2.29. The number of hydrogen-bond acceptors (Lipinski definition) is 3. The first-order valence-corrected chi connectivity index (χ1v) is 5.67. The molecule has 0 spiro atoms. The number of nitrogens with one attached hydrogen (secondary N) is 1. The fraction of sp³-hybridized carbons (Fsp3) is 0.818. The van der Waals surface area contributed by atoms with Gasteiger partial charge in [0.2, 0.25) is 0 Å². The topological polar surface area (TPSA) is 78.9 Å². The van der Waals surface area contributed by atoms with E-state index >= 15 is 0 Å². The van der Waals surface area contributed by atoms with Crippen molar-refractivity contribution in [2.45, 2.75) is 25.3 Å². The van der Waals surface area contributed by atoms with E-state index < -0.39 is 11.5 Å². The zero-order valence-corrected chi connectivity index (χ0v) is 10.5. The molecule has 2 N–H and O–H groups in total. The molecule has 1 fully saturated rings. The summed E-state index contributed by atoms with van der Waals surface area (Å²) in [6.45, 7) is 2.43. The van der Waals surface area contributed by atoms with E-state index in [0.717, 1.165) is 12.8 Å². The number of carboxylic acid groups (broad SMARTS) is 1.